The van der Waals surface area contributed by atoms with Gasteiger partial charge in [-0.1, -0.05) is 95.5 Å². The molecule has 0 heterocycles. The first kappa shape index (κ1) is 34.5. The third-order valence-corrected chi connectivity index (χ3v) is 6.59. The summed E-state index contributed by atoms with van der Waals surface area (Å²) in [5, 5.41) is 5.90. The van der Waals surface area contributed by atoms with Crippen LogP contribution in [0.2, 0.25) is 0 Å². The fourth-order valence-corrected chi connectivity index (χ4v) is 4.70. The molecule has 7 nitrogen and oxygen atoms in total. The summed E-state index contributed by atoms with van der Waals surface area (Å²) in [5.74, 6) is -0.642. The van der Waals surface area contributed by atoms with Crippen molar-refractivity contribution in [3.05, 3.63) is 34.9 Å². The van der Waals surface area contributed by atoms with Gasteiger partial charge in [0.1, 0.15) is 17.7 Å². The Morgan fingerprint density at radius 2 is 1.44 bits per heavy atom. The predicted octanol–water partition coefficient (Wildman–Crippen LogP) is 7.00. The second-order valence-electron chi connectivity index (χ2n) is 12.1. The van der Waals surface area contributed by atoms with E-state index >= 15 is 0 Å². The number of aryl methyl sites for hydroxylation is 2. The SMILES string of the molecule is CCCCCCCN(C(=O)C(NC(=O)OC(C)(C)C)C(C)C)C(C(=O)NCCCCC)c1cc(C)cc(C)c1. The van der Waals surface area contributed by atoms with Crippen LogP contribution < -0.4 is 10.6 Å². The van der Waals surface area contributed by atoms with Crippen molar-refractivity contribution in [3.63, 3.8) is 0 Å². The van der Waals surface area contributed by atoms with E-state index in [1.807, 2.05) is 39.8 Å². The molecule has 0 bridgehead atoms. The lowest BCUT2D eigenvalue weighted by Crippen LogP contribution is -2.55. The van der Waals surface area contributed by atoms with Gasteiger partial charge in [-0.05, 0) is 58.9 Å². The van der Waals surface area contributed by atoms with Crippen molar-refractivity contribution in [2.75, 3.05) is 13.1 Å². The molecule has 0 spiro atoms. The summed E-state index contributed by atoms with van der Waals surface area (Å²) in [6.07, 6.45) is 7.46. The van der Waals surface area contributed by atoms with Gasteiger partial charge in [0.15, 0.2) is 0 Å². The third-order valence-electron chi connectivity index (χ3n) is 6.59. The van der Waals surface area contributed by atoms with Crippen LogP contribution in [-0.4, -0.2) is 47.5 Å². The van der Waals surface area contributed by atoms with E-state index in [0.29, 0.717) is 13.1 Å². The minimum absolute atomic E-state index is 0.183. The highest BCUT2D eigenvalue weighted by molar-refractivity contribution is 5.92. The van der Waals surface area contributed by atoms with Gasteiger partial charge in [0.25, 0.3) is 0 Å². The van der Waals surface area contributed by atoms with E-state index in [1.165, 1.54) is 0 Å². The first-order valence-corrected chi connectivity index (χ1v) is 15.0. The Morgan fingerprint density at radius 3 is 1.97 bits per heavy atom. The number of nitrogens with zero attached hydrogens (tertiary/aromatic N) is 1. The van der Waals surface area contributed by atoms with E-state index in [4.69, 9.17) is 4.74 Å². The van der Waals surface area contributed by atoms with Gasteiger partial charge in [-0.3, -0.25) is 9.59 Å². The number of unbranched alkanes of at least 4 members (excludes halogenated alkanes) is 6. The van der Waals surface area contributed by atoms with Crippen molar-refractivity contribution in [1.82, 2.24) is 15.5 Å². The maximum Gasteiger partial charge on any atom is 0.408 e. The normalized spacial score (nSPS) is 13.1. The van der Waals surface area contributed by atoms with Crippen LogP contribution >= 0.6 is 0 Å². The van der Waals surface area contributed by atoms with E-state index in [-0.39, 0.29) is 17.7 Å². The van der Waals surface area contributed by atoms with E-state index in [9.17, 15) is 14.4 Å². The van der Waals surface area contributed by atoms with E-state index in [2.05, 4.69) is 30.5 Å². The van der Waals surface area contributed by atoms with Gasteiger partial charge >= 0.3 is 6.09 Å². The van der Waals surface area contributed by atoms with Gasteiger partial charge in [0.05, 0.1) is 0 Å². The van der Waals surface area contributed by atoms with Gasteiger partial charge in [0, 0.05) is 13.1 Å². The average molecular weight is 546 g/mol. The Kier molecular flexibility index (Phi) is 15.2. The Bertz CT molecular complexity index is 887. The summed E-state index contributed by atoms with van der Waals surface area (Å²) >= 11 is 0. The molecular weight excluding hydrogens is 490 g/mol. The minimum atomic E-state index is -0.822. The highest BCUT2D eigenvalue weighted by Gasteiger charge is 2.37. The Morgan fingerprint density at radius 1 is 0.872 bits per heavy atom. The van der Waals surface area contributed by atoms with E-state index < -0.39 is 23.8 Å². The molecule has 0 aliphatic rings. The molecule has 222 valence electrons. The van der Waals surface area contributed by atoms with Crippen molar-refractivity contribution >= 4 is 17.9 Å². The topological polar surface area (TPSA) is 87.7 Å². The first-order chi connectivity index (χ1) is 18.3. The number of hydrogen-bond donors (Lipinski definition) is 2. The number of benzene rings is 1. The zero-order chi connectivity index (χ0) is 29.6. The molecule has 0 radical (unpaired) electrons. The second kappa shape index (κ2) is 17.2. The van der Waals surface area contributed by atoms with Gasteiger partial charge in [0.2, 0.25) is 11.8 Å². The molecule has 39 heavy (non-hydrogen) atoms. The quantitative estimate of drug-likeness (QED) is 0.219. The second-order valence-corrected chi connectivity index (χ2v) is 12.1. The highest BCUT2D eigenvalue weighted by atomic mass is 16.6. The van der Waals surface area contributed by atoms with Crippen LogP contribution in [0.5, 0.6) is 0 Å². The molecule has 0 saturated heterocycles. The predicted molar refractivity (Wildman–Crippen MR) is 160 cm³/mol. The fourth-order valence-electron chi connectivity index (χ4n) is 4.70. The number of rotatable bonds is 16. The molecule has 2 atom stereocenters. The van der Waals surface area contributed by atoms with Crippen LogP contribution in [0.1, 0.15) is 123 Å². The number of amides is 3. The fraction of sp³-hybridized carbons (Fsp3) is 0.719. The summed E-state index contributed by atoms with van der Waals surface area (Å²) in [5.41, 5.74) is 2.18. The first-order valence-electron chi connectivity index (χ1n) is 15.0. The molecule has 1 aromatic carbocycles. The molecular formula is C32H55N3O4. The summed E-state index contributed by atoms with van der Waals surface area (Å²) < 4.78 is 5.47. The maximum atomic E-state index is 14.2. The van der Waals surface area contributed by atoms with Crippen molar-refractivity contribution in [1.29, 1.82) is 0 Å². The maximum absolute atomic E-state index is 14.2. The third kappa shape index (κ3) is 12.9. The van der Waals surface area contributed by atoms with Crippen LogP contribution in [0.4, 0.5) is 4.79 Å². The van der Waals surface area contributed by atoms with E-state index in [1.54, 1.807) is 25.7 Å². The summed E-state index contributed by atoms with van der Waals surface area (Å²) in [6.45, 7) is 18.5. The molecule has 2 unspecified atom stereocenters. The Balaban J connectivity index is 3.46. The standard InChI is InChI=1S/C32H55N3O4/c1-10-12-14-15-17-19-35(30(37)27(23(3)4)34-31(38)39-32(7,8)9)28(29(36)33-18-16-13-11-2)26-21-24(5)20-25(6)22-26/h20-23,27-28H,10-19H2,1-9H3,(H,33,36)(H,34,38). The van der Waals surface area contributed by atoms with Crippen LogP contribution in [0, 0.1) is 19.8 Å². The molecule has 0 aliphatic carbocycles. The number of carbonyl (C=O) groups excluding carboxylic acids is 3. The van der Waals surface area contributed by atoms with Crippen LogP contribution in [0.3, 0.4) is 0 Å². The monoisotopic (exact) mass is 545 g/mol. The zero-order valence-electron chi connectivity index (χ0n) is 26.1. The van der Waals surface area contributed by atoms with Crippen molar-refractivity contribution in [2.24, 2.45) is 5.92 Å². The van der Waals surface area contributed by atoms with Crippen LogP contribution in [0.15, 0.2) is 18.2 Å². The van der Waals surface area contributed by atoms with Crippen molar-refractivity contribution < 1.29 is 19.1 Å². The van der Waals surface area contributed by atoms with Crippen LogP contribution in [0.25, 0.3) is 0 Å². The summed E-state index contributed by atoms with van der Waals surface area (Å²) in [4.78, 5) is 42.4. The molecule has 0 fully saturated rings. The number of ether oxygens (including phenoxy) is 1. The molecule has 3 amide bonds. The lowest BCUT2D eigenvalue weighted by atomic mass is 9.96. The highest BCUT2D eigenvalue weighted by Crippen LogP contribution is 2.27. The minimum Gasteiger partial charge on any atom is -0.444 e. The molecule has 0 aliphatic heterocycles. The summed E-state index contributed by atoms with van der Waals surface area (Å²) in [6, 6.07) is 4.44. The van der Waals surface area contributed by atoms with Gasteiger partial charge in [-0.15, -0.1) is 0 Å². The Labute approximate surface area is 237 Å². The number of carbonyl (C=O) groups is 3. The van der Waals surface area contributed by atoms with Gasteiger partial charge in [-0.25, -0.2) is 4.79 Å². The molecule has 1 aromatic rings. The van der Waals surface area contributed by atoms with Crippen LogP contribution in [-0.2, 0) is 14.3 Å². The number of nitrogens with one attached hydrogen (secondary N) is 2. The molecule has 2 N–H and O–H groups in total. The van der Waals surface area contributed by atoms with E-state index in [0.717, 1.165) is 68.1 Å². The van der Waals surface area contributed by atoms with Crippen molar-refractivity contribution in [2.45, 2.75) is 131 Å². The number of alkyl carbamates (subject to hydrolysis) is 1. The van der Waals surface area contributed by atoms with Crippen molar-refractivity contribution in [3.8, 4) is 0 Å². The Hall–Kier alpha value is -2.57. The van der Waals surface area contributed by atoms with Gasteiger partial charge in [-0.2, -0.15) is 0 Å². The lowest BCUT2D eigenvalue weighted by Gasteiger charge is -2.36. The molecule has 7 heteroatoms. The molecule has 0 aromatic heterocycles. The lowest BCUT2D eigenvalue weighted by molar-refractivity contribution is -0.143. The average Bonchev–Trinajstić information content (AvgIpc) is 2.82. The largest absolute Gasteiger partial charge is 0.444 e. The number of hydrogen-bond acceptors (Lipinski definition) is 4. The molecule has 0 saturated carbocycles. The summed E-state index contributed by atoms with van der Waals surface area (Å²) in [7, 11) is 0. The smallest absolute Gasteiger partial charge is 0.408 e. The zero-order valence-corrected chi connectivity index (χ0v) is 26.1. The molecule has 1 rings (SSSR count). The van der Waals surface area contributed by atoms with Gasteiger partial charge < -0.3 is 20.3 Å².